The van der Waals surface area contributed by atoms with Gasteiger partial charge >= 0.3 is 0 Å². The summed E-state index contributed by atoms with van der Waals surface area (Å²) in [7, 11) is 0. The third-order valence-electron chi connectivity index (χ3n) is 6.09. The van der Waals surface area contributed by atoms with E-state index in [1.807, 2.05) is 0 Å². The normalized spacial score (nSPS) is 36.6. The van der Waals surface area contributed by atoms with E-state index in [1.54, 1.807) is 0 Å². The molecule has 1 heteroatoms. The van der Waals surface area contributed by atoms with E-state index in [2.05, 4.69) is 33.0 Å². The molecule has 2 saturated carbocycles. The molecule has 0 aromatic rings. The molecule has 1 nitrogen and oxygen atoms in total. The molecule has 0 aliphatic heterocycles. The van der Waals surface area contributed by atoms with E-state index in [0.29, 0.717) is 5.41 Å². The molecule has 0 radical (unpaired) electrons. The van der Waals surface area contributed by atoms with Crippen molar-refractivity contribution in [3.63, 3.8) is 0 Å². The minimum atomic E-state index is 0.508. The average molecular weight is 280 g/mol. The van der Waals surface area contributed by atoms with Crippen molar-refractivity contribution in [2.75, 3.05) is 0 Å². The van der Waals surface area contributed by atoms with E-state index in [9.17, 15) is 0 Å². The zero-order valence-electron chi connectivity index (χ0n) is 14.4. The lowest BCUT2D eigenvalue weighted by Crippen LogP contribution is -2.40. The summed E-state index contributed by atoms with van der Waals surface area (Å²) in [5.41, 5.74) is 0.508. The summed E-state index contributed by atoms with van der Waals surface area (Å²) in [4.78, 5) is 0. The first-order valence-electron chi connectivity index (χ1n) is 9.25. The summed E-state index contributed by atoms with van der Waals surface area (Å²) >= 11 is 0. The van der Waals surface area contributed by atoms with Gasteiger partial charge in [0.2, 0.25) is 0 Å². The lowest BCUT2D eigenvalue weighted by molar-refractivity contribution is 0.211. The summed E-state index contributed by atoms with van der Waals surface area (Å²) in [5, 5.41) is 4.01. The van der Waals surface area contributed by atoms with Gasteiger partial charge in [0.05, 0.1) is 0 Å². The number of rotatable bonds is 3. The molecule has 0 amide bonds. The summed E-state index contributed by atoms with van der Waals surface area (Å²) < 4.78 is 0. The van der Waals surface area contributed by atoms with Gasteiger partial charge in [-0.1, -0.05) is 40.5 Å². The highest BCUT2D eigenvalue weighted by molar-refractivity contribution is 4.84. The maximum atomic E-state index is 4.01. The van der Waals surface area contributed by atoms with Crippen LogP contribution in [-0.2, 0) is 0 Å². The van der Waals surface area contributed by atoms with Crippen LogP contribution in [0.25, 0.3) is 0 Å². The zero-order chi connectivity index (χ0) is 14.6. The average Bonchev–Trinajstić information content (AvgIpc) is 2.65. The van der Waals surface area contributed by atoms with E-state index in [1.165, 1.54) is 64.2 Å². The zero-order valence-corrected chi connectivity index (χ0v) is 14.4. The van der Waals surface area contributed by atoms with Crippen molar-refractivity contribution in [1.82, 2.24) is 5.32 Å². The van der Waals surface area contributed by atoms with Gasteiger partial charge in [0.15, 0.2) is 0 Å². The van der Waals surface area contributed by atoms with Crippen LogP contribution in [-0.4, -0.2) is 12.1 Å². The van der Waals surface area contributed by atoms with Crippen LogP contribution >= 0.6 is 0 Å². The van der Waals surface area contributed by atoms with Gasteiger partial charge in [-0.3, -0.25) is 0 Å². The van der Waals surface area contributed by atoms with E-state index in [0.717, 1.165) is 23.9 Å². The van der Waals surface area contributed by atoms with Gasteiger partial charge < -0.3 is 5.32 Å². The molecular weight excluding hydrogens is 242 g/mol. The van der Waals surface area contributed by atoms with Crippen LogP contribution < -0.4 is 5.32 Å². The molecule has 0 bridgehead atoms. The first kappa shape index (κ1) is 16.3. The molecular formula is C19H37N. The highest BCUT2D eigenvalue weighted by Gasteiger charge is 2.29. The van der Waals surface area contributed by atoms with Gasteiger partial charge in [-0.2, -0.15) is 0 Å². The summed E-state index contributed by atoms with van der Waals surface area (Å²) in [5.74, 6) is 1.96. The van der Waals surface area contributed by atoms with Gasteiger partial charge in [0.1, 0.15) is 0 Å². The molecule has 2 atom stereocenters. The third kappa shape index (κ3) is 4.76. The fourth-order valence-corrected chi connectivity index (χ4v) is 4.41. The highest BCUT2D eigenvalue weighted by atomic mass is 14.9. The van der Waals surface area contributed by atoms with E-state index in [-0.39, 0.29) is 0 Å². The first-order valence-corrected chi connectivity index (χ1v) is 9.25. The predicted octanol–water partition coefficient (Wildman–Crippen LogP) is 5.54. The molecule has 1 N–H and O–H groups in total. The Morgan fingerprint density at radius 2 is 1.40 bits per heavy atom. The van der Waals surface area contributed by atoms with Crippen molar-refractivity contribution >= 4 is 0 Å². The highest BCUT2D eigenvalue weighted by Crippen LogP contribution is 2.37. The van der Waals surface area contributed by atoms with E-state index >= 15 is 0 Å². The number of hydrogen-bond donors (Lipinski definition) is 1. The molecule has 2 rings (SSSR count). The van der Waals surface area contributed by atoms with Crippen molar-refractivity contribution in [2.45, 2.75) is 104 Å². The van der Waals surface area contributed by atoms with Crippen LogP contribution in [0.2, 0.25) is 0 Å². The molecule has 20 heavy (non-hydrogen) atoms. The van der Waals surface area contributed by atoms with Crippen molar-refractivity contribution in [3.05, 3.63) is 0 Å². The standard InChI is InChI=1S/C19H37N/c1-5-15-9-12-18(13-10-15)20-17-8-6-7-16(11-14-17)19(2,3)4/h15-18,20H,5-14H2,1-4H3. The Hall–Kier alpha value is -0.0400. The summed E-state index contributed by atoms with van der Waals surface area (Å²) in [6, 6.07) is 1.64. The largest absolute Gasteiger partial charge is 0.311 e. The quantitative estimate of drug-likeness (QED) is 0.669. The molecule has 118 valence electrons. The molecule has 0 saturated heterocycles. The smallest absolute Gasteiger partial charge is 0.00698 e. The van der Waals surface area contributed by atoms with E-state index < -0.39 is 0 Å². The van der Waals surface area contributed by atoms with Gasteiger partial charge in [-0.05, 0) is 68.6 Å². The lowest BCUT2D eigenvalue weighted by atomic mass is 9.76. The molecule has 2 unspecified atom stereocenters. The van der Waals surface area contributed by atoms with Crippen molar-refractivity contribution in [3.8, 4) is 0 Å². The summed E-state index contributed by atoms with van der Waals surface area (Å²) in [6.07, 6.45) is 14.3. The van der Waals surface area contributed by atoms with Crippen LogP contribution in [0, 0.1) is 17.3 Å². The number of hydrogen-bond acceptors (Lipinski definition) is 1. The minimum Gasteiger partial charge on any atom is -0.311 e. The maximum Gasteiger partial charge on any atom is 0.00698 e. The van der Waals surface area contributed by atoms with Crippen molar-refractivity contribution < 1.29 is 0 Å². The Balaban J connectivity index is 1.74. The molecule has 0 spiro atoms. The molecule has 2 aliphatic carbocycles. The van der Waals surface area contributed by atoms with Crippen LogP contribution in [0.5, 0.6) is 0 Å². The first-order chi connectivity index (χ1) is 9.49. The van der Waals surface area contributed by atoms with Crippen LogP contribution in [0.15, 0.2) is 0 Å². The van der Waals surface area contributed by atoms with E-state index in [4.69, 9.17) is 0 Å². The van der Waals surface area contributed by atoms with Crippen molar-refractivity contribution in [1.29, 1.82) is 0 Å². The van der Waals surface area contributed by atoms with Crippen LogP contribution in [0.3, 0.4) is 0 Å². The molecule has 0 heterocycles. The Morgan fingerprint density at radius 1 is 0.800 bits per heavy atom. The fourth-order valence-electron chi connectivity index (χ4n) is 4.41. The molecule has 0 aromatic carbocycles. The maximum absolute atomic E-state index is 4.01. The Bertz CT molecular complexity index is 270. The Morgan fingerprint density at radius 3 is 2.00 bits per heavy atom. The second kappa shape index (κ2) is 7.29. The molecule has 2 aliphatic rings. The molecule has 0 aromatic heterocycles. The second-order valence-electron chi connectivity index (χ2n) is 8.56. The van der Waals surface area contributed by atoms with Gasteiger partial charge in [0.25, 0.3) is 0 Å². The predicted molar refractivity (Wildman–Crippen MR) is 89.0 cm³/mol. The Labute approximate surface area is 127 Å². The van der Waals surface area contributed by atoms with Crippen LogP contribution in [0.4, 0.5) is 0 Å². The van der Waals surface area contributed by atoms with Crippen LogP contribution in [0.1, 0.15) is 91.9 Å². The van der Waals surface area contributed by atoms with Gasteiger partial charge in [-0.25, -0.2) is 0 Å². The third-order valence-corrected chi connectivity index (χ3v) is 6.09. The van der Waals surface area contributed by atoms with Gasteiger partial charge in [-0.15, -0.1) is 0 Å². The molecule has 2 fully saturated rings. The fraction of sp³-hybridized carbons (Fsp3) is 1.00. The Kier molecular flexibility index (Phi) is 5.95. The topological polar surface area (TPSA) is 12.0 Å². The lowest BCUT2D eigenvalue weighted by Gasteiger charge is -2.32. The summed E-state index contributed by atoms with van der Waals surface area (Å²) in [6.45, 7) is 9.64. The second-order valence-corrected chi connectivity index (χ2v) is 8.56. The van der Waals surface area contributed by atoms with Gasteiger partial charge in [0, 0.05) is 12.1 Å². The monoisotopic (exact) mass is 279 g/mol. The van der Waals surface area contributed by atoms with Crippen molar-refractivity contribution in [2.24, 2.45) is 17.3 Å². The minimum absolute atomic E-state index is 0.508. The SMILES string of the molecule is CCC1CCC(NC2CCCC(C(C)(C)C)CC2)CC1. The number of nitrogens with one attached hydrogen (secondary N) is 1.